The first-order valence-electron chi connectivity index (χ1n) is 9.50. The van der Waals surface area contributed by atoms with Crippen molar-refractivity contribution in [2.45, 2.75) is 30.3 Å². The van der Waals surface area contributed by atoms with Crippen LogP contribution in [0.15, 0.2) is 58.4 Å². The Bertz CT molecular complexity index is 1150. The second-order valence-corrected chi connectivity index (χ2v) is 9.82. The van der Waals surface area contributed by atoms with Crippen molar-refractivity contribution in [3.63, 3.8) is 0 Å². The van der Waals surface area contributed by atoms with E-state index in [0.717, 1.165) is 0 Å². The molecule has 1 amide bonds. The molecule has 156 valence electrons. The van der Waals surface area contributed by atoms with Crippen LogP contribution in [0.3, 0.4) is 0 Å². The van der Waals surface area contributed by atoms with Crippen molar-refractivity contribution in [2.24, 2.45) is 4.99 Å². The van der Waals surface area contributed by atoms with E-state index in [-0.39, 0.29) is 29.7 Å². The molecule has 2 aromatic carbocycles. The molecule has 4 rings (SSSR count). The van der Waals surface area contributed by atoms with Gasteiger partial charge in [0, 0.05) is 42.1 Å². The fraction of sp³-hybridized carbons (Fsp3) is 0.286. The van der Waals surface area contributed by atoms with Gasteiger partial charge in [0.1, 0.15) is 11.4 Å². The van der Waals surface area contributed by atoms with E-state index in [1.165, 1.54) is 35.5 Å². The molecule has 30 heavy (non-hydrogen) atoms. The van der Waals surface area contributed by atoms with Gasteiger partial charge in [0.05, 0.1) is 4.90 Å². The summed E-state index contributed by atoms with van der Waals surface area (Å²) in [5, 5.41) is 3.44. The molecular formula is C21H20ClN3O4S. The Balaban J connectivity index is 1.52. The summed E-state index contributed by atoms with van der Waals surface area (Å²) >= 11 is 6.02. The summed E-state index contributed by atoms with van der Waals surface area (Å²) in [6.07, 6.45) is 0.737. The van der Waals surface area contributed by atoms with Crippen LogP contribution in [0.1, 0.15) is 35.7 Å². The molecule has 0 atom stereocenters. The maximum absolute atomic E-state index is 13.0. The van der Waals surface area contributed by atoms with Gasteiger partial charge in [0.25, 0.3) is 5.91 Å². The highest BCUT2D eigenvalue weighted by Gasteiger charge is 2.44. The molecule has 0 saturated carbocycles. The van der Waals surface area contributed by atoms with Crippen molar-refractivity contribution < 1.29 is 18.0 Å². The summed E-state index contributed by atoms with van der Waals surface area (Å²) in [5.74, 6) is -0.405. The van der Waals surface area contributed by atoms with Crippen LogP contribution in [0.2, 0.25) is 5.02 Å². The number of nitrogens with zero attached hydrogens (tertiary/aromatic N) is 2. The molecule has 0 bridgehead atoms. The minimum absolute atomic E-state index is 0.121. The van der Waals surface area contributed by atoms with Gasteiger partial charge in [0.15, 0.2) is 5.78 Å². The number of ketones is 1. The predicted octanol–water partition coefficient (Wildman–Crippen LogP) is 2.64. The van der Waals surface area contributed by atoms with Crippen LogP contribution in [-0.4, -0.2) is 48.9 Å². The lowest BCUT2D eigenvalue weighted by Gasteiger charge is -2.36. The zero-order valence-corrected chi connectivity index (χ0v) is 17.8. The standard InChI is InChI=1S/C21H20ClN3O4S/c1-14(26)15-5-7-18(8-6-15)30(28,29)25-11-9-21(10-12-25)23-19(20(27)24-21)16-3-2-4-17(22)13-16/h2-8,13H,9-12H2,1H3,(H,24,27). The Kier molecular flexibility index (Phi) is 5.25. The summed E-state index contributed by atoms with van der Waals surface area (Å²) in [4.78, 5) is 28.7. The molecule has 1 fully saturated rings. The fourth-order valence-electron chi connectivity index (χ4n) is 3.74. The van der Waals surface area contributed by atoms with E-state index in [2.05, 4.69) is 10.3 Å². The predicted molar refractivity (Wildman–Crippen MR) is 113 cm³/mol. The van der Waals surface area contributed by atoms with Crippen molar-refractivity contribution in [1.82, 2.24) is 9.62 Å². The molecule has 2 aliphatic rings. The van der Waals surface area contributed by atoms with E-state index in [4.69, 9.17) is 11.6 Å². The summed E-state index contributed by atoms with van der Waals surface area (Å²) < 4.78 is 27.3. The van der Waals surface area contributed by atoms with Gasteiger partial charge in [-0.3, -0.25) is 14.6 Å². The van der Waals surface area contributed by atoms with Crippen LogP contribution in [0.5, 0.6) is 0 Å². The minimum atomic E-state index is -3.69. The smallest absolute Gasteiger partial charge is 0.272 e. The minimum Gasteiger partial charge on any atom is -0.326 e. The number of hydrogen-bond donors (Lipinski definition) is 1. The Morgan fingerprint density at radius 3 is 2.40 bits per heavy atom. The van der Waals surface area contributed by atoms with E-state index in [9.17, 15) is 18.0 Å². The van der Waals surface area contributed by atoms with E-state index in [1.54, 1.807) is 24.3 Å². The van der Waals surface area contributed by atoms with Crippen LogP contribution < -0.4 is 5.32 Å². The second-order valence-electron chi connectivity index (χ2n) is 7.44. The third kappa shape index (κ3) is 3.78. The van der Waals surface area contributed by atoms with Crippen molar-refractivity contribution in [3.8, 4) is 0 Å². The maximum atomic E-state index is 13.0. The topological polar surface area (TPSA) is 95.9 Å². The van der Waals surface area contributed by atoms with Gasteiger partial charge in [-0.25, -0.2) is 8.42 Å². The summed E-state index contributed by atoms with van der Waals surface area (Å²) in [6, 6.07) is 12.9. The number of sulfonamides is 1. The lowest BCUT2D eigenvalue weighted by molar-refractivity contribution is -0.115. The van der Waals surface area contributed by atoms with Crippen LogP contribution in [0.25, 0.3) is 0 Å². The average molecular weight is 446 g/mol. The number of amides is 1. The molecular weight excluding hydrogens is 426 g/mol. The number of nitrogens with one attached hydrogen (secondary N) is 1. The molecule has 9 heteroatoms. The first-order chi connectivity index (χ1) is 14.2. The molecule has 1 saturated heterocycles. The Hall–Kier alpha value is -2.55. The zero-order chi connectivity index (χ0) is 21.5. The number of aliphatic imine (C=N–C) groups is 1. The number of benzene rings is 2. The van der Waals surface area contributed by atoms with Gasteiger partial charge in [-0.2, -0.15) is 4.31 Å². The van der Waals surface area contributed by atoms with Gasteiger partial charge in [-0.05, 0) is 31.2 Å². The normalized spacial score (nSPS) is 18.9. The highest BCUT2D eigenvalue weighted by Crippen LogP contribution is 2.31. The average Bonchev–Trinajstić information content (AvgIpc) is 3.04. The Labute approximate surface area is 179 Å². The number of Topliss-reactive ketones (excluding diaryl/α,β-unsaturated/α-hetero) is 1. The third-order valence-corrected chi connectivity index (χ3v) is 7.58. The largest absolute Gasteiger partial charge is 0.326 e. The molecule has 2 aromatic rings. The van der Waals surface area contributed by atoms with E-state index < -0.39 is 15.7 Å². The first kappa shape index (κ1) is 20.7. The molecule has 0 aliphatic carbocycles. The third-order valence-electron chi connectivity index (χ3n) is 5.43. The molecule has 0 aromatic heterocycles. The van der Waals surface area contributed by atoms with Crippen LogP contribution in [0, 0.1) is 0 Å². The number of hydrogen-bond acceptors (Lipinski definition) is 5. The van der Waals surface area contributed by atoms with Gasteiger partial charge in [-0.1, -0.05) is 35.9 Å². The summed E-state index contributed by atoms with van der Waals surface area (Å²) in [7, 11) is -3.69. The van der Waals surface area contributed by atoms with Gasteiger partial charge < -0.3 is 5.32 Å². The number of piperidine rings is 1. The van der Waals surface area contributed by atoms with Gasteiger partial charge in [0.2, 0.25) is 10.0 Å². The van der Waals surface area contributed by atoms with E-state index in [0.29, 0.717) is 34.7 Å². The molecule has 2 heterocycles. The zero-order valence-electron chi connectivity index (χ0n) is 16.3. The monoisotopic (exact) mass is 445 g/mol. The van der Waals surface area contributed by atoms with Crippen molar-refractivity contribution in [1.29, 1.82) is 0 Å². The first-order valence-corrected chi connectivity index (χ1v) is 11.3. The highest BCUT2D eigenvalue weighted by molar-refractivity contribution is 7.89. The Morgan fingerprint density at radius 2 is 1.80 bits per heavy atom. The van der Waals surface area contributed by atoms with Crippen LogP contribution >= 0.6 is 11.6 Å². The molecule has 1 spiro atoms. The van der Waals surface area contributed by atoms with Crippen LogP contribution in [-0.2, 0) is 14.8 Å². The number of halogens is 1. The van der Waals surface area contributed by atoms with Crippen molar-refractivity contribution in [3.05, 3.63) is 64.7 Å². The molecule has 7 nitrogen and oxygen atoms in total. The maximum Gasteiger partial charge on any atom is 0.272 e. The summed E-state index contributed by atoms with van der Waals surface area (Å²) in [6.45, 7) is 1.88. The van der Waals surface area contributed by atoms with Crippen molar-refractivity contribution >= 4 is 39.0 Å². The molecule has 0 unspecified atom stereocenters. The Morgan fingerprint density at radius 1 is 1.13 bits per heavy atom. The quantitative estimate of drug-likeness (QED) is 0.732. The summed E-state index contributed by atoms with van der Waals surface area (Å²) in [5.41, 5.74) is 0.605. The lowest BCUT2D eigenvalue weighted by Crippen LogP contribution is -2.52. The SMILES string of the molecule is CC(=O)c1ccc(S(=O)(=O)N2CCC3(CC2)N=C(c2cccc(Cl)c2)C(=O)N3)cc1. The molecule has 1 N–H and O–H groups in total. The fourth-order valence-corrected chi connectivity index (χ4v) is 5.37. The lowest BCUT2D eigenvalue weighted by atomic mass is 10.00. The van der Waals surface area contributed by atoms with Crippen LogP contribution in [0.4, 0.5) is 0 Å². The second kappa shape index (κ2) is 7.61. The van der Waals surface area contributed by atoms with E-state index in [1.807, 2.05) is 0 Å². The highest BCUT2D eigenvalue weighted by atomic mass is 35.5. The molecule has 2 aliphatic heterocycles. The van der Waals surface area contributed by atoms with Gasteiger partial charge >= 0.3 is 0 Å². The van der Waals surface area contributed by atoms with E-state index >= 15 is 0 Å². The van der Waals surface area contributed by atoms with Crippen molar-refractivity contribution in [2.75, 3.05) is 13.1 Å². The van der Waals surface area contributed by atoms with Gasteiger partial charge in [-0.15, -0.1) is 0 Å². The molecule has 0 radical (unpaired) electrons. The number of carbonyl (C=O) groups excluding carboxylic acids is 2. The number of carbonyl (C=O) groups is 2. The number of rotatable bonds is 4.